The Bertz CT molecular complexity index is 124. The van der Waals surface area contributed by atoms with Crippen LogP contribution in [-0.4, -0.2) is 33.4 Å². The molecule has 0 bridgehead atoms. The monoisotopic (exact) mass is 222 g/mol. The summed E-state index contributed by atoms with van der Waals surface area (Å²) in [7, 11) is -2.61. The molecule has 0 rings (SSSR count). The van der Waals surface area contributed by atoms with Crippen LogP contribution in [0.4, 0.5) is 0 Å². The number of hydrogen-bond donors (Lipinski definition) is 1. The maximum Gasteiger partial charge on any atom is 0.502 e. The molecule has 14 heavy (non-hydrogen) atoms. The highest BCUT2D eigenvalue weighted by atomic mass is 28.4. The molecule has 0 spiro atoms. The first-order chi connectivity index (χ1) is 6.60. The Morgan fingerprint density at radius 2 is 1.64 bits per heavy atom. The molecule has 0 amide bonds. The van der Waals surface area contributed by atoms with Crippen molar-refractivity contribution in [3.05, 3.63) is 0 Å². The second-order valence-corrected chi connectivity index (χ2v) is 5.70. The summed E-state index contributed by atoms with van der Waals surface area (Å²) in [5.74, 6) is 0. The molecule has 1 N–H and O–H groups in total. The Kier molecular flexibility index (Phi) is 7.39. The van der Waals surface area contributed by atoms with E-state index in [0.717, 1.165) is 12.5 Å². The van der Waals surface area contributed by atoms with Crippen molar-refractivity contribution in [2.24, 2.45) is 0 Å². The van der Waals surface area contributed by atoms with Gasteiger partial charge < -0.3 is 18.4 Å². The number of hydrogen-bond acceptors (Lipinski definition) is 4. The molecule has 0 radical (unpaired) electrons. The van der Waals surface area contributed by atoms with Crippen LogP contribution in [0, 0.1) is 0 Å². The number of rotatable bonds is 8. The van der Waals surface area contributed by atoms with E-state index in [4.69, 9.17) is 13.3 Å². The van der Waals surface area contributed by atoms with E-state index >= 15 is 0 Å². The maximum atomic E-state index is 9.22. The standard InChI is InChI=1S/C9H22O4Si/c1-5-8-14(11-6-2,12-7-3)13-9(4)10/h9-10H,5-8H2,1-4H3. The van der Waals surface area contributed by atoms with E-state index in [9.17, 15) is 5.11 Å². The van der Waals surface area contributed by atoms with Crippen LogP contribution < -0.4 is 0 Å². The Balaban J connectivity index is 4.37. The van der Waals surface area contributed by atoms with Crippen LogP contribution in [0.15, 0.2) is 0 Å². The van der Waals surface area contributed by atoms with Crippen LogP contribution in [0.2, 0.25) is 6.04 Å². The van der Waals surface area contributed by atoms with E-state index in [2.05, 4.69) is 0 Å². The summed E-state index contributed by atoms with van der Waals surface area (Å²) < 4.78 is 16.5. The van der Waals surface area contributed by atoms with Gasteiger partial charge in [-0.05, 0) is 20.8 Å². The van der Waals surface area contributed by atoms with Gasteiger partial charge in [-0.1, -0.05) is 13.3 Å². The Hall–Kier alpha value is 0.0569. The highest BCUT2D eigenvalue weighted by Crippen LogP contribution is 2.19. The van der Waals surface area contributed by atoms with Crippen molar-refractivity contribution in [2.75, 3.05) is 13.2 Å². The van der Waals surface area contributed by atoms with Gasteiger partial charge in [0.05, 0.1) is 0 Å². The van der Waals surface area contributed by atoms with Crippen LogP contribution in [0.5, 0.6) is 0 Å². The summed E-state index contributed by atoms with van der Waals surface area (Å²) in [5.41, 5.74) is 0. The summed E-state index contributed by atoms with van der Waals surface area (Å²) in [6.07, 6.45) is 0.102. The topological polar surface area (TPSA) is 47.9 Å². The smallest absolute Gasteiger partial charge is 0.374 e. The molecule has 0 aliphatic rings. The van der Waals surface area contributed by atoms with E-state index in [-0.39, 0.29) is 0 Å². The molecular weight excluding hydrogens is 200 g/mol. The Labute approximate surface area is 87.5 Å². The van der Waals surface area contributed by atoms with E-state index in [1.54, 1.807) is 6.92 Å². The predicted octanol–water partition coefficient (Wildman–Crippen LogP) is 1.76. The molecule has 0 aromatic carbocycles. The Morgan fingerprint density at radius 3 is 1.93 bits per heavy atom. The third-order valence-corrected chi connectivity index (χ3v) is 4.90. The van der Waals surface area contributed by atoms with Crippen LogP contribution in [-0.2, 0) is 13.3 Å². The van der Waals surface area contributed by atoms with E-state index in [1.165, 1.54) is 0 Å². The first-order valence-electron chi connectivity index (χ1n) is 5.24. The zero-order valence-corrected chi connectivity index (χ0v) is 10.6. The zero-order chi connectivity index (χ0) is 11.0. The molecule has 1 atom stereocenters. The first kappa shape index (κ1) is 14.1. The Morgan fingerprint density at radius 1 is 1.14 bits per heavy atom. The minimum atomic E-state index is -2.61. The largest absolute Gasteiger partial charge is 0.502 e. The quantitative estimate of drug-likeness (QED) is 0.502. The molecule has 5 heteroatoms. The van der Waals surface area contributed by atoms with Crippen molar-refractivity contribution in [3.8, 4) is 0 Å². The lowest BCUT2D eigenvalue weighted by Crippen LogP contribution is -2.47. The molecule has 0 aliphatic heterocycles. The van der Waals surface area contributed by atoms with Crippen LogP contribution >= 0.6 is 0 Å². The summed E-state index contributed by atoms with van der Waals surface area (Å²) in [4.78, 5) is 0. The zero-order valence-electron chi connectivity index (χ0n) is 9.58. The molecule has 0 aromatic rings. The number of aliphatic hydroxyl groups is 1. The molecule has 0 aromatic heterocycles. The van der Waals surface area contributed by atoms with Gasteiger partial charge in [-0.2, -0.15) is 0 Å². The molecule has 0 saturated heterocycles. The fourth-order valence-electron chi connectivity index (χ4n) is 1.32. The van der Waals surface area contributed by atoms with Crippen LogP contribution in [0.3, 0.4) is 0 Å². The molecule has 0 aliphatic carbocycles. The van der Waals surface area contributed by atoms with Gasteiger partial charge in [0.15, 0.2) is 0 Å². The fraction of sp³-hybridized carbons (Fsp3) is 1.00. The first-order valence-corrected chi connectivity index (χ1v) is 7.17. The average molecular weight is 222 g/mol. The molecule has 0 heterocycles. The lowest BCUT2D eigenvalue weighted by molar-refractivity contribution is -0.0645. The SMILES string of the molecule is CCC[Si](OCC)(OCC)OC(C)O. The van der Waals surface area contributed by atoms with E-state index < -0.39 is 15.1 Å². The third kappa shape index (κ3) is 5.07. The predicted molar refractivity (Wildman–Crippen MR) is 56.9 cm³/mol. The number of aliphatic hydroxyl groups excluding tert-OH is 1. The summed E-state index contributed by atoms with van der Waals surface area (Å²) in [5, 5.41) is 9.22. The molecule has 0 saturated carbocycles. The molecule has 4 nitrogen and oxygen atoms in total. The van der Waals surface area contributed by atoms with Crippen molar-refractivity contribution < 1.29 is 18.4 Å². The van der Waals surface area contributed by atoms with Gasteiger partial charge in [0, 0.05) is 19.3 Å². The van der Waals surface area contributed by atoms with Gasteiger partial charge in [-0.15, -0.1) is 0 Å². The van der Waals surface area contributed by atoms with E-state index in [0.29, 0.717) is 13.2 Å². The summed E-state index contributed by atoms with van der Waals surface area (Å²) in [6, 6.07) is 0.750. The average Bonchev–Trinajstić information content (AvgIpc) is 2.03. The van der Waals surface area contributed by atoms with E-state index in [1.807, 2.05) is 20.8 Å². The summed E-state index contributed by atoms with van der Waals surface area (Å²) >= 11 is 0. The minimum absolute atomic E-state index is 0.555. The van der Waals surface area contributed by atoms with Crippen molar-refractivity contribution in [1.29, 1.82) is 0 Å². The molecular formula is C9H22O4Si. The van der Waals surface area contributed by atoms with Gasteiger partial charge in [0.25, 0.3) is 0 Å². The van der Waals surface area contributed by atoms with Crippen molar-refractivity contribution in [3.63, 3.8) is 0 Å². The minimum Gasteiger partial charge on any atom is -0.374 e. The highest BCUT2D eigenvalue weighted by Gasteiger charge is 2.40. The van der Waals surface area contributed by atoms with Crippen molar-refractivity contribution >= 4 is 8.80 Å². The van der Waals surface area contributed by atoms with Crippen LogP contribution in [0.25, 0.3) is 0 Å². The van der Waals surface area contributed by atoms with Gasteiger partial charge in [-0.3, -0.25) is 0 Å². The van der Waals surface area contributed by atoms with Crippen molar-refractivity contribution in [2.45, 2.75) is 46.4 Å². The molecule has 0 fully saturated rings. The van der Waals surface area contributed by atoms with Gasteiger partial charge in [0.1, 0.15) is 6.29 Å². The van der Waals surface area contributed by atoms with Crippen LogP contribution in [0.1, 0.15) is 34.1 Å². The second kappa shape index (κ2) is 7.36. The van der Waals surface area contributed by atoms with Crippen molar-refractivity contribution in [1.82, 2.24) is 0 Å². The third-order valence-electron chi connectivity index (χ3n) is 1.63. The van der Waals surface area contributed by atoms with Gasteiger partial charge >= 0.3 is 8.80 Å². The molecule has 1 unspecified atom stereocenters. The maximum absolute atomic E-state index is 9.22. The normalized spacial score (nSPS) is 14.4. The highest BCUT2D eigenvalue weighted by molar-refractivity contribution is 6.60. The summed E-state index contributed by atoms with van der Waals surface area (Å²) in [6.45, 7) is 8.54. The molecule has 86 valence electrons. The fourth-order valence-corrected chi connectivity index (χ4v) is 3.96. The second-order valence-electron chi connectivity index (χ2n) is 3.02. The lowest BCUT2D eigenvalue weighted by atomic mass is 10.6. The lowest BCUT2D eigenvalue weighted by Gasteiger charge is -2.29. The van der Waals surface area contributed by atoms with Gasteiger partial charge in [0.2, 0.25) is 0 Å². The van der Waals surface area contributed by atoms with Gasteiger partial charge in [-0.25, -0.2) is 0 Å².